The molecule has 0 bridgehead atoms. The minimum atomic E-state index is -2.87. The Kier molecular flexibility index (Phi) is 11.6. The summed E-state index contributed by atoms with van der Waals surface area (Å²) in [7, 11) is 0. The normalized spacial score (nSPS) is 12.4. The van der Waals surface area contributed by atoms with Gasteiger partial charge in [-0.2, -0.15) is 8.78 Å². The first-order valence-corrected chi connectivity index (χ1v) is 9.57. The number of hydrogen-bond donors (Lipinski definition) is 3. The van der Waals surface area contributed by atoms with Crippen molar-refractivity contribution < 1.29 is 23.1 Å². The van der Waals surface area contributed by atoms with Gasteiger partial charge < -0.3 is 25.0 Å². The molecule has 0 aliphatic carbocycles. The SMILES string of the molecule is CCNC(=NCC(O)c1ccc(OC(F)F)cc1)NCCCc1c(C)noc1C.I. The van der Waals surface area contributed by atoms with Gasteiger partial charge in [-0.05, 0) is 51.3 Å². The van der Waals surface area contributed by atoms with Crippen LogP contribution in [0.4, 0.5) is 8.78 Å². The summed E-state index contributed by atoms with van der Waals surface area (Å²) in [6.45, 7) is 4.44. The van der Waals surface area contributed by atoms with Crippen molar-refractivity contribution in [3.05, 3.63) is 46.8 Å². The predicted octanol–water partition coefficient (Wildman–Crippen LogP) is 3.73. The van der Waals surface area contributed by atoms with E-state index >= 15 is 0 Å². The van der Waals surface area contributed by atoms with Gasteiger partial charge in [0.25, 0.3) is 0 Å². The first-order valence-electron chi connectivity index (χ1n) is 9.57. The first-order chi connectivity index (χ1) is 13.9. The van der Waals surface area contributed by atoms with Crippen molar-refractivity contribution in [2.75, 3.05) is 19.6 Å². The zero-order valence-corrected chi connectivity index (χ0v) is 19.7. The fourth-order valence-electron chi connectivity index (χ4n) is 2.83. The van der Waals surface area contributed by atoms with Gasteiger partial charge in [0.15, 0.2) is 5.96 Å². The molecule has 168 valence electrons. The van der Waals surface area contributed by atoms with Crippen molar-refractivity contribution in [3.8, 4) is 5.75 Å². The van der Waals surface area contributed by atoms with Crippen LogP contribution in [0.25, 0.3) is 0 Å². The summed E-state index contributed by atoms with van der Waals surface area (Å²) in [5.74, 6) is 1.49. The van der Waals surface area contributed by atoms with Gasteiger partial charge in [0.05, 0.1) is 18.3 Å². The topological polar surface area (TPSA) is 91.9 Å². The molecular formula is C20H29F2IN4O3. The van der Waals surface area contributed by atoms with Crippen LogP contribution in [0.1, 0.15) is 42.0 Å². The second-order valence-electron chi connectivity index (χ2n) is 6.52. The maximum Gasteiger partial charge on any atom is 0.387 e. The molecule has 0 fully saturated rings. The molecule has 3 N–H and O–H groups in total. The quantitative estimate of drug-likeness (QED) is 0.185. The maximum absolute atomic E-state index is 12.2. The molecule has 2 aromatic rings. The third-order valence-corrected chi connectivity index (χ3v) is 4.33. The van der Waals surface area contributed by atoms with Gasteiger partial charge in [0.1, 0.15) is 11.5 Å². The molecule has 0 spiro atoms. The lowest BCUT2D eigenvalue weighted by Crippen LogP contribution is -2.38. The number of hydrogen-bond acceptors (Lipinski definition) is 5. The number of benzene rings is 1. The number of rotatable bonds is 10. The standard InChI is InChI=1S/C20H28F2N4O3.HI/c1-4-23-20(24-11-5-6-17-13(2)26-29-14(17)3)25-12-18(27)15-7-9-16(10-8-15)28-19(21)22;/h7-10,18-19,27H,4-6,11-12H2,1-3H3,(H2,23,24,25);1H. The molecule has 1 aromatic heterocycles. The molecule has 0 saturated carbocycles. The number of ether oxygens (including phenoxy) is 1. The van der Waals surface area contributed by atoms with E-state index in [-0.39, 0.29) is 36.3 Å². The molecular weight excluding hydrogens is 509 g/mol. The molecule has 1 unspecified atom stereocenters. The highest BCUT2D eigenvalue weighted by Crippen LogP contribution is 2.19. The molecule has 1 heterocycles. The molecule has 0 saturated heterocycles. The van der Waals surface area contributed by atoms with Gasteiger partial charge in [-0.3, -0.25) is 4.99 Å². The third-order valence-electron chi connectivity index (χ3n) is 4.33. The van der Waals surface area contributed by atoms with Crippen molar-refractivity contribution in [1.82, 2.24) is 15.8 Å². The number of aromatic nitrogens is 1. The Hall–Kier alpha value is -1.95. The number of aliphatic hydroxyl groups excluding tert-OH is 1. The van der Waals surface area contributed by atoms with Gasteiger partial charge in [0, 0.05) is 18.7 Å². The summed E-state index contributed by atoms with van der Waals surface area (Å²) in [4.78, 5) is 4.39. The minimum Gasteiger partial charge on any atom is -0.435 e. The third kappa shape index (κ3) is 8.42. The number of aryl methyl sites for hydroxylation is 2. The average Bonchev–Trinajstić information content (AvgIpc) is 3.01. The Morgan fingerprint density at radius 3 is 2.50 bits per heavy atom. The van der Waals surface area contributed by atoms with Crippen LogP contribution in [-0.4, -0.2) is 42.5 Å². The minimum absolute atomic E-state index is 0. The molecule has 1 aromatic carbocycles. The number of nitrogens with one attached hydrogen (secondary N) is 2. The fraction of sp³-hybridized carbons (Fsp3) is 0.500. The van der Waals surface area contributed by atoms with Crippen LogP contribution in [0, 0.1) is 13.8 Å². The van der Waals surface area contributed by atoms with E-state index in [2.05, 4.69) is 25.5 Å². The Labute approximate surface area is 192 Å². The second-order valence-corrected chi connectivity index (χ2v) is 6.52. The van der Waals surface area contributed by atoms with E-state index in [9.17, 15) is 13.9 Å². The molecule has 2 rings (SSSR count). The molecule has 10 heteroatoms. The Morgan fingerprint density at radius 2 is 1.93 bits per heavy atom. The molecule has 1 atom stereocenters. The number of halogens is 3. The summed E-state index contributed by atoms with van der Waals surface area (Å²) < 4.78 is 33.9. The van der Waals surface area contributed by atoms with E-state index in [1.165, 1.54) is 12.1 Å². The highest BCUT2D eigenvalue weighted by molar-refractivity contribution is 14.0. The molecule has 0 radical (unpaired) electrons. The van der Waals surface area contributed by atoms with Crippen molar-refractivity contribution in [3.63, 3.8) is 0 Å². The van der Waals surface area contributed by atoms with Crippen LogP contribution >= 0.6 is 24.0 Å². The van der Waals surface area contributed by atoms with E-state index < -0.39 is 12.7 Å². The van der Waals surface area contributed by atoms with Crippen molar-refractivity contribution in [1.29, 1.82) is 0 Å². The first kappa shape index (κ1) is 26.1. The summed E-state index contributed by atoms with van der Waals surface area (Å²) in [5.41, 5.74) is 2.62. The molecule has 30 heavy (non-hydrogen) atoms. The number of aliphatic imine (C=N–C) groups is 1. The Bertz CT molecular complexity index is 765. The highest BCUT2D eigenvalue weighted by Gasteiger charge is 2.10. The molecule has 0 aliphatic heterocycles. The summed E-state index contributed by atoms with van der Waals surface area (Å²) >= 11 is 0. The van der Waals surface area contributed by atoms with Crippen LogP contribution in [0.15, 0.2) is 33.8 Å². The monoisotopic (exact) mass is 538 g/mol. The molecule has 7 nitrogen and oxygen atoms in total. The largest absolute Gasteiger partial charge is 0.435 e. The van der Waals surface area contributed by atoms with Crippen LogP contribution in [-0.2, 0) is 6.42 Å². The number of guanidine groups is 1. The summed E-state index contributed by atoms with van der Waals surface area (Å²) in [6, 6.07) is 5.88. The van der Waals surface area contributed by atoms with Crippen LogP contribution in [0.2, 0.25) is 0 Å². The van der Waals surface area contributed by atoms with E-state index in [1.807, 2.05) is 20.8 Å². The Morgan fingerprint density at radius 1 is 1.23 bits per heavy atom. The maximum atomic E-state index is 12.2. The highest BCUT2D eigenvalue weighted by atomic mass is 127. The van der Waals surface area contributed by atoms with Crippen LogP contribution in [0.5, 0.6) is 5.75 Å². The summed E-state index contributed by atoms with van der Waals surface area (Å²) in [6.07, 6.45) is 0.874. The molecule has 0 amide bonds. The van der Waals surface area contributed by atoms with Crippen molar-refractivity contribution in [2.45, 2.75) is 46.3 Å². The van der Waals surface area contributed by atoms with Gasteiger partial charge in [-0.1, -0.05) is 17.3 Å². The van der Waals surface area contributed by atoms with Gasteiger partial charge in [0.2, 0.25) is 0 Å². The predicted molar refractivity (Wildman–Crippen MR) is 122 cm³/mol. The summed E-state index contributed by atoms with van der Waals surface area (Å²) in [5, 5.41) is 20.6. The lowest BCUT2D eigenvalue weighted by atomic mass is 10.1. The lowest BCUT2D eigenvalue weighted by Gasteiger charge is -2.14. The van der Waals surface area contributed by atoms with E-state index in [1.54, 1.807) is 12.1 Å². The van der Waals surface area contributed by atoms with Gasteiger partial charge in [-0.15, -0.1) is 24.0 Å². The number of alkyl halides is 2. The lowest BCUT2D eigenvalue weighted by molar-refractivity contribution is -0.0498. The van der Waals surface area contributed by atoms with E-state index in [0.717, 1.165) is 29.9 Å². The number of aliphatic hydroxyl groups is 1. The van der Waals surface area contributed by atoms with Gasteiger partial charge >= 0.3 is 6.61 Å². The van der Waals surface area contributed by atoms with E-state index in [0.29, 0.717) is 24.6 Å². The van der Waals surface area contributed by atoms with Crippen LogP contribution in [0.3, 0.4) is 0 Å². The number of nitrogens with zero attached hydrogens (tertiary/aromatic N) is 2. The smallest absolute Gasteiger partial charge is 0.387 e. The fourth-order valence-corrected chi connectivity index (χ4v) is 2.83. The van der Waals surface area contributed by atoms with Gasteiger partial charge in [-0.25, -0.2) is 0 Å². The van der Waals surface area contributed by atoms with Crippen molar-refractivity contribution >= 4 is 29.9 Å². The average molecular weight is 538 g/mol. The van der Waals surface area contributed by atoms with Crippen molar-refractivity contribution in [2.24, 2.45) is 4.99 Å². The Balaban J connectivity index is 0.00000450. The second kappa shape index (κ2) is 13.4. The molecule has 0 aliphatic rings. The van der Waals surface area contributed by atoms with Crippen LogP contribution < -0.4 is 15.4 Å². The van der Waals surface area contributed by atoms with E-state index in [4.69, 9.17) is 4.52 Å². The zero-order chi connectivity index (χ0) is 21.2. The zero-order valence-electron chi connectivity index (χ0n) is 17.3.